The summed E-state index contributed by atoms with van der Waals surface area (Å²) in [6, 6.07) is 10.4. The minimum absolute atomic E-state index is 0.0861. The van der Waals surface area contributed by atoms with E-state index in [1.165, 1.54) is 11.8 Å². The third-order valence-corrected chi connectivity index (χ3v) is 7.36. The Labute approximate surface area is 214 Å². The van der Waals surface area contributed by atoms with Crippen molar-refractivity contribution >= 4 is 46.2 Å². The van der Waals surface area contributed by atoms with E-state index in [0.717, 1.165) is 18.4 Å². The van der Waals surface area contributed by atoms with Crippen molar-refractivity contribution in [3.63, 3.8) is 0 Å². The zero-order valence-corrected chi connectivity index (χ0v) is 21.3. The smallest absolute Gasteiger partial charge is 0.270 e. The second kappa shape index (κ2) is 12.0. The van der Waals surface area contributed by atoms with Crippen LogP contribution in [0.1, 0.15) is 57.3 Å². The normalized spacial score (nSPS) is 17.1. The average Bonchev–Trinajstić information content (AvgIpc) is 3.52. The second-order valence-corrected chi connectivity index (χ2v) is 9.79. The van der Waals surface area contributed by atoms with E-state index in [1.807, 2.05) is 31.2 Å². The van der Waals surface area contributed by atoms with Crippen LogP contribution in [0.2, 0.25) is 0 Å². The number of amidine groups is 2. The van der Waals surface area contributed by atoms with Gasteiger partial charge in [-0.15, -0.1) is 0 Å². The van der Waals surface area contributed by atoms with Gasteiger partial charge in [0.15, 0.2) is 5.17 Å². The molecule has 9 nitrogen and oxygen atoms in total. The summed E-state index contributed by atoms with van der Waals surface area (Å²) in [5, 5.41) is 5.92. The van der Waals surface area contributed by atoms with Gasteiger partial charge in [0.1, 0.15) is 17.6 Å². The van der Waals surface area contributed by atoms with Gasteiger partial charge in [-0.1, -0.05) is 44.2 Å². The molecule has 36 heavy (non-hydrogen) atoms. The Morgan fingerprint density at radius 1 is 1.14 bits per heavy atom. The number of hydrogen-bond donors (Lipinski definition) is 2. The van der Waals surface area contributed by atoms with Crippen molar-refractivity contribution in [2.45, 2.75) is 63.8 Å². The number of thioether (sulfide) groups is 1. The van der Waals surface area contributed by atoms with Crippen LogP contribution in [-0.2, 0) is 20.9 Å². The molecular weight excluding hydrogens is 478 g/mol. The highest BCUT2D eigenvalue weighted by Gasteiger charge is 2.42. The lowest BCUT2D eigenvalue weighted by Crippen LogP contribution is -2.45. The minimum atomic E-state index is -0.639. The fraction of sp³-hybridized carbons (Fsp3) is 0.423. The molecule has 0 radical (unpaired) electrons. The van der Waals surface area contributed by atoms with E-state index in [2.05, 4.69) is 22.5 Å². The zero-order chi connectivity index (χ0) is 25.5. The van der Waals surface area contributed by atoms with E-state index in [4.69, 9.17) is 9.41 Å². The summed E-state index contributed by atoms with van der Waals surface area (Å²) in [6.07, 6.45) is 4.56. The Bertz CT molecular complexity index is 1160. The van der Waals surface area contributed by atoms with Crippen LogP contribution in [0.25, 0.3) is 0 Å². The fourth-order valence-electron chi connectivity index (χ4n) is 4.07. The number of carbonyl (C=O) groups excluding carboxylic acids is 3. The highest BCUT2D eigenvalue weighted by atomic mass is 32.2. The molecule has 0 saturated carbocycles. The molecule has 3 heterocycles. The number of aliphatic imine (C=N–C) groups is 2. The predicted molar refractivity (Wildman–Crippen MR) is 140 cm³/mol. The second-order valence-electron chi connectivity index (χ2n) is 8.63. The Kier molecular flexibility index (Phi) is 8.58. The van der Waals surface area contributed by atoms with Gasteiger partial charge in [-0.05, 0) is 43.5 Å². The molecule has 0 bridgehead atoms. The van der Waals surface area contributed by atoms with Crippen LogP contribution in [0.5, 0.6) is 0 Å². The molecule has 0 saturated heterocycles. The van der Waals surface area contributed by atoms with Gasteiger partial charge in [-0.2, -0.15) is 4.99 Å². The van der Waals surface area contributed by atoms with Crippen LogP contribution in [0.3, 0.4) is 0 Å². The lowest BCUT2D eigenvalue weighted by Gasteiger charge is -2.32. The number of para-hydroxylation sites is 1. The first-order valence-electron chi connectivity index (χ1n) is 12.3. The topological polar surface area (TPSA) is 116 Å². The van der Waals surface area contributed by atoms with E-state index in [0.29, 0.717) is 48.4 Å². The first-order valence-corrected chi connectivity index (χ1v) is 13.2. The molecule has 2 aliphatic heterocycles. The highest BCUT2D eigenvalue weighted by molar-refractivity contribution is 8.15. The summed E-state index contributed by atoms with van der Waals surface area (Å²) in [4.78, 5) is 49.2. The van der Waals surface area contributed by atoms with Gasteiger partial charge in [0.25, 0.3) is 5.91 Å². The summed E-state index contributed by atoms with van der Waals surface area (Å²) >= 11 is 1.31. The van der Waals surface area contributed by atoms with Gasteiger partial charge < -0.3 is 15.1 Å². The summed E-state index contributed by atoms with van der Waals surface area (Å²) < 4.78 is 5.31. The molecule has 1 aromatic heterocycles. The number of nitrogens with zero attached hydrogens (tertiary/aromatic N) is 3. The van der Waals surface area contributed by atoms with Crippen molar-refractivity contribution in [1.29, 1.82) is 0 Å². The largest absolute Gasteiger partial charge is 0.467 e. The molecule has 0 aliphatic carbocycles. The van der Waals surface area contributed by atoms with Crippen LogP contribution in [0, 0.1) is 0 Å². The SMILES string of the molecule is CCCCNC(=O)CCC1C(=O)N=C2c3ccccc3N=C(SC(CC)C(=O)NCc3ccco3)N21. The molecule has 0 spiro atoms. The summed E-state index contributed by atoms with van der Waals surface area (Å²) in [5.41, 5.74) is 1.46. The maximum Gasteiger partial charge on any atom is 0.270 e. The van der Waals surface area contributed by atoms with E-state index >= 15 is 0 Å². The number of hydrogen-bond acceptors (Lipinski definition) is 7. The molecule has 2 aromatic rings. The predicted octanol–water partition coefficient (Wildman–Crippen LogP) is 3.76. The Morgan fingerprint density at radius 3 is 2.72 bits per heavy atom. The van der Waals surface area contributed by atoms with Crippen molar-refractivity contribution in [3.8, 4) is 0 Å². The first-order chi connectivity index (χ1) is 17.5. The number of carbonyl (C=O) groups is 3. The van der Waals surface area contributed by atoms with Gasteiger partial charge in [0, 0.05) is 18.5 Å². The van der Waals surface area contributed by atoms with Gasteiger partial charge in [0.05, 0.1) is 23.7 Å². The number of unbranched alkanes of at least 4 members (excludes halogenated alkanes) is 1. The van der Waals surface area contributed by atoms with Crippen molar-refractivity contribution in [2.24, 2.45) is 9.98 Å². The molecule has 2 N–H and O–H groups in total. The van der Waals surface area contributed by atoms with Crippen molar-refractivity contribution in [3.05, 3.63) is 54.0 Å². The maximum absolute atomic E-state index is 13.0. The number of benzene rings is 1. The van der Waals surface area contributed by atoms with Crippen LogP contribution in [-0.4, -0.2) is 51.5 Å². The number of furan rings is 1. The van der Waals surface area contributed by atoms with Crippen LogP contribution in [0.4, 0.5) is 5.69 Å². The molecule has 10 heteroatoms. The average molecular weight is 510 g/mol. The standard InChI is InChI=1S/C26H31N5O4S/c1-3-5-14-27-22(32)13-12-20-24(33)30-23-18-10-6-7-11-19(18)29-26(31(20)23)36-21(4-2)25(34)28-16-17-9-8-15-35-17/h6-11,15,20-21H,3-5,12-14,16H2,1-2H3,(H,27,32)(H,28,34). The molecule has 0 fully saturated rings. The maximum atomic E-state index is 13.0. The summed E-state index contributed by atoms with van der Waals surface area (Å²) in [6.45, 7) is 4.92. The van der Waals surface area contributed by atoms with E-state index in [-0.39, 0.29) is 24.1 Å². The molecule has 3 amide bonds. The van der Waals surface area contributed by atoms with E-state index in [1.54, 1.807) is 23.3 Å². The van der Waals surface area contributed by atoms with E-state index in [9.17, 15) is 14.4 Å². The quantitative estimate of drug-likeness (QED) is 0.446. The Morgan fingerprint density at radius 2 is 1.97 bits per heavy atom. The third-order valence-electron chi connectivity index (χ3n) is 6.03. The minimum Gasteiger partial charge on any atom is -0.467 e. The molecule has 2 unspecified atom stereocenters. The molecule has 190 valence electrons. The number of amides is 3. The van der Waals surface area contributed by atoms with Gasteiger partial charge in [-0.25, -0.2) is 4.99 Å². The van der Waals surface area contributed by atoms with Gasteiger partial charge in [0.2, 0.25) is 11.8 Å². The van der Waals surface area contributed by atoms with Crippen molar-refractivity contribution < 1.29 is 18.8 Å². The first kappa shape index (κ1) is 25.7. The molecular formula is C26H31N5O4S. The lowest BCUT2D eigenvalue weighted by molar-refractivity contribution is -0.122. The van der Waals surface area contributed by atoms with Crippen LogP contribution >= 0.6 is 11.8 Å². The van der Waals surface area contributed by atoms with E-state index < -0.39 is 11.3 Å². The summed E-state index contributed by atoms with van der Waals surface area (Å²) in [7, 11) is 0. The molecule has 1 aromatic carbocycles. The zero-order valence-electron chi connectivity index (χ0n) is 20.5. The van der Waals surface area contributed by atoms with Crippen LogP contribution in [0.15, 0.2) is 57.1 Å². The van der Waals surface area contributed by atoms with Crippen molar-refractivity contribution in [2.75, 3.05) is 6.54 Å². The molecule has 2 aliphatic rings. The van der Waals surface area contributed by atoms with Crippen LogP contribution < -0.4 is 10.6 Å². The number of rotatable bonds is 11. The lowest BCUT2D eigenvalue weighted by atomic mass is 10.1. The third kappa shape index (κ3) is 5.87. The number of nitrogens with one attached hydrogen (secondary N) is 2. The van der Waals surface area contributed by atoms with Gasteiger partial charge in [-0.3, -0.25) is 19.3 Å². The fourth-order valence-corrected chi connectivity index (χ4v) is 5.16. The Hall–Kier alpha value is -3.40. The highest BCUT2D eigenvalue weighted by Crippen LogP contribution is 2.36. The number of fused-ring (bicyclic) bond motifs is 3. The Balaban J connectivity index is 1.52. The molecule has 2 atom stereocenters. The van der Waals surface area contributed by atoms with Crippen molar-refractivity contribution in [1.82, 2.24) is 15.5 Å². The molecule has 4 rings (SSSR count). The summed E-state index contributed by atoms with van der Waals surface area (Å²) in [5.74, 6) is 0.666. The van der Waals surface area contributed by atoms with Gasteiger partial charge >= 0.3 is 0 Å². The monoisotopic (exact) mass is 509 g/mol.